The Labute approximate surface area is 205 Å². The molecule has 1 aliphatic rings. The van der Waals surface area contributed by atoms with Crippen LogP contribution in [0.15, 0.2) is 42.6 Å². The van der Waals surface area contributed by atoms with Gasteiger partial charge in [-0.05, 0) is 42.0 Å². The first-order valence-electron chi connectivity index (χ1n) is 11.4. The zero-order chi connectivity index (χ0) is 26.6. The van der Waals surface area contributed by atoms with Gasteiger partial charge in [0.2, 0.25) is 10.0 Å². The fourth-order valence-corrected chi connectivity index (χ4v) is 5.85. The highest BCUT2D eigenvalue weighted by atomic mass is 32.2. The molecule has 3 aromatic rings. The third-order valence-electron chi connectivity index (χ3n) is 6.01. The van der Waals surface area contributed by atoms with Crippen molar-refractivity contribution in [2.45, 2.75) is 64.1 Å². The highest BCUT2D eigenvalue weighted by Crippen LogP contribution is 2.41. The fraction of sp³-hybridized carbons (Fsp3) is 0.440. The summed E-state index contributed by atoms with van der Waals surface area (Å²) in [6.07, 6.45) is -5.70. The second-order valence-electron chi connectivity index (χ2n) is 10.3. The van der Waals surface area contributed by atoms with Gasteiger partial charge in [-0.15, -0.1) is 0 Å². The van der Waals surface area contributed by atoms with E-state index in [0.717, 1.165) is 18.2 Å². The molecule has 1 atom stereocenters. The topological polar surface area (TPSA) is 51.1 Å². The second-order valence-corrected chi connectivity index (χ2v) is 12.3. The van der Waals surface area contributed by atoms with Gasteiger partial charge >= 0.3 is 6.18 Å². The molecule has 196 valence electrons. The van der Waals surface area contributed by atoms with Crippen molar-refractivity contribution in [2.24, 2.45) is 5.41 Å². The summed E-state index contributed by atoms with van der Waals surface area (Å²) in [4.78, 5) is 0. The first kappa shape index (κ1) is 26.5. The van der Waals surface area contributed by atoms with Crippen LogP contribution in [0.2, 0.25) is 0 Å². The monoisotopic (exact) mass is 532 g/mol. The van der Waals surface area contributed by atoms with Gasteiger partial charge in [0.05, 0.1) is 10.8 Å². The molecule has 11 heteroatoms. The summed E-state index contributed by atoms with van der Waals surface area (Å²) in [5, 5.41) is -0.466. The van der Waals surface area contributed by atoms with Gasteiger partial charge < -0.3 is 4.57 Å². The van der Waals surface area contributed by atoms with Crippen molar-refractivity contribution in [3.63, 3.8) is 0 Å². The fourth-order valence-electron chi connectivity index (χ4n) is 4.32. The van der Waals surface area contributed by atoms with Crippen LogP contribution >= 0.6 is 0 Å². The van der Waals surface area contributed by atoms with E-state index in [2.05, 4.69) is 4.72 Å². The van der Waals surface area contributed by atoms with Crippen LogP contribution in [0, 0.1) is 11.2 Å². The largest absolute Gasteiger partial charge is 0.417 e. The van der Waals surface area contributed by atoms with E-state index in [1.807, 2.05) is 20.8 Å². The lowest BCUT2D eigenvalue weighted by molar-refractivity contribution is -0.137. The maximum atomic E-state index is 14.7. The number of fused-ring (bicyclic) bond motifs is 1. The standard InChI is InChI=1S/C25H26F6N2O2S/c1-24(2,3)13-33-12-17(22(23(27)28)32-36(34,35)15-8-9-15)16-10-7-14(11-20(16)33)21-18(25(29,30)31)5-4-6-19(21)26/h4-7,10-12,15,22-23,32H,8-9,13H2,1-3H3/t22-/m0/s1. The molecule has 1 saturated carbocycles. The SMILES string of the molecule is CC(C)(C)Cn1cc([C@H](NS(=O)(=O)C2CC2)C(F)F)c2ccc(-c3c(F)cccc3C(F)(F)F)cc21. The Morgan fingerprint density at radius 3 is 2.31 bits per heavy atom. The van der Waals surface area contributed by atoms with Gasteiger partial charge in [-0.2, -0.15) is 13.2 Å². The third-order valence-corrected chi connectivity index (χ3v) is 7.94. The molecule has 0 bridgehead atoms. The highest BCUT2D eigenvalue weighted by Gasteiger charge is 2.40. The van der Waals surface area contributed by atoms with Crippen LogP contribution in [0.5, 0.6) is 0 Å². The first-order valence-corrected chi connectivity index (χ1v) is 12.9. The Morgan fingerprint density at radius 2 is 1.75 bits per heavy atom. The molecule has 0 amide bonds. The molecule has 1 heterocycles. The van der Waals surface area contributed by atoms with Crippen LogP contribution in [0.25, 0.3) is 22.0 Å². The highest BCUT2D eigenvalue weighted by molar-refractivity contribution is 7.90. The molecule has 0 aliphatic heterocycles. The minimum Gasteiger partial charge on any atom is -0.347 e. The van der Waals surface area contributed by atoms with Gasteiger partial charge in [0, 0.05) is 34.8 Å². The smallest absolute Gasteiger partial charge is 0.347 e. The van der Waals surface area contributed by atoms with Gasteiger partial charge in [-0.1, -0.05) is 39.0 Å². The van der Waals surface area contributed by atoms with Crippen LogP contribution in [-0.2, 0) is 22.7 Å². The molecule has 2 aromatic carbocycles. The zero-order valence-corrected chi connectivity index (χ0v) is 20.7. The van der Waals surface area contributed by atoms with Gasteiger partial charge in [-0.25, -0.2) is 26.3 Å². The molecule has 1 aliphatic carbocycles. The molecule has 0 radical (unpaired) electrons. The number of alkyl halides is 5. The minimum atomic E-state index is -4.81. The lowest BCUT2D eigenvalue weighted by Crippen LogP contribution is -2.35. The summed E-state index contributed by atoms with van der Waals surface area (Å²) >= 11 is 0. The average Bonchev–Trinajstić information content (AvgIpc) is 3.55. The van der Waals surface area contributed by atoms with Gasteiger partial charge in [0.15, 0.2) is 0 Å². The Morgan fingerprint density at radius 1 is 1.08 bits per heavy atom. The number of benzene rings is 2. The normalized spacial score (nSPS) is 16.2. The Balaban J connectivity index is 1.91. The van der Waals surface area contributed by atoms with Gasteiger partial charge in [0.25, 0.3) is 6.43 Å². The first-order chi connectivity index (χ1) is 16.6. The van der Waals surface area contributed by atoms with E-state index in [4.69, 9.17) is 0 Å². The minimum absolute atomic E-state index is 0.00426. The van der Waals surface area contributed by atoms with E-state index in [1.54, 1.807) is 4.57 Å². The molecule has 0 spiro atoms. The number of nitrogens with zero attached hydrogens (tertiary/aromatic N) is 1. The summed E-state index contributed by atoms with van der Waals surface area (Å²) < 4.78 is 113. The summed E-state index contributed by atoms with van der Waals surface area (Å²) in [6, 6.07) is 4.74. The number of halogens is 6. The van der Waals surface area contributed by atoms with Crippen LogP contribution in [0.3, 0.4) is 0 Å². The second kappa shape index (κ2) is 9.09. The van der Waals surface area contributed by atoms with Crippen LogP contribution in [0.4, 0.5) is 26.3 Å². The summed E-state index contributed by atoms with van der Waals surface area (Å²) in [6.45, 7) is 5.96. The predicted molar refractivity (Wildman–Crippen MR) is 126 cm³/mol. The molecule has 0 saturated heterocycles. The maximum absolute atomic E-state index is 14.7. The van der Waals surface area contributed by atoms with Crippen molar-refractivity contribution in [2.75, 3.05) is 0 Å². The van der Waals surface area contributed by atoms with Crippen molar-refractivity contribution in [1.29, 1.82) is 0 Å². The number of hydrogen-bond acceptors (Lipinski definition) is 2. The molecular weight excluding hydrogens is 506 g/mol. The van der Waals surface area contributed by atoms with Crippen LogP contribution in [-0.4, -0.2) is 24.7 Å². The van der Waals surface area contributed by atoms with E-state index in [9.17, 15) is 34.8 Å². The Hall–Kier alpha value is -2.53. The van der Waals surface area contributed by atoms with E-state index in [0.29, 0.717) is 24.9 Å². The quantitative estimate of drug-likeness (QED) is 0.337. The van der Waals surface area contributed by atoms with E-state index >= 15 is 0 Å². The molecule has 1 fully saturated rings. The number of sulfonamides is 1. The molecule has 4 nitrogen and oxygen atoms in total. The van der Waals surface area contributed by atoms with Crippen molar-refractivity contribution in [3.8, 4) is 11.1 Å². The zero-order valence-electron chi connectivity index (χ0n) is 19.8. The average molecular weight is 533 g/mol. The van der Waals surface area contributed by atoms with Gasteiger partial charge in [0.1, 0.15) is 11.9 Å². The molecule has 1 aromatic heterocycles. The van der Waals surface area contributed by atoms with Gasteiger partial charge in [-0.3, -0.25) is 0 Å². The lowest BCUT2D eigenvalue weighted by atomic mass is 9.96. The maximum Gasteiger partial charge on any atom is 0.417 e. The summed E-state index contributed by atoms with van der Waals surface area (Å²) in [5.41, 5.74) is -1.92. The Bertz CT molecular complexity index is 1390. The number of hydrogen-bond donors (Lipinski definition) is 1. The van der Waals surface area contributed by atoms with Crippen molar-refractivity contribution in [3.05, 3.63) is 59.5 Å². The van der Waals surface area contributed by atoms with E-state index in [-0.39, 0.29) is 21.9 Å². The molecular formula is C25H26F6N2O2S. The number of rotatable bonds is 7. The van der Waals surface area contributed by atoms with Crippen molar-refractivity contribution >= 4 is 20.9 Å². The molecule has 0 unspecified atom stereocenters. The van der Waals surface area contributed by atoms with Crippen molar-refractivity contribution in [1.82, 2.24) is 9.29 Å². The summed E-state index contributed by atoms with van der Waals surface area (Å²) in [7, 11) is -3.97. The summed E-state index contributed by atoms with van der Waals surface area (Å²) in [5.74, 6) is -1.07. The van der Waals surface area contributed by atoms with Crippen LogP contribution in [0.1, 0.15) is 50.8 Å². The third kappa shape index (κ3) is 5.41. The molecule has 36 heavy (non-hydrogen) atoms. The molecule has 4 rings (SSSR count). The van der Waals surface area contributed by atoms with E-state index in [1.165, 1.54) is 24.4 Å². The Kier molecular flexibility index (Phi) is 6.70. The van der Waals surface area contributed by atoms with Crippen LogP contribution < -0.4 is 4.72 Å². The number of nitrogens with one attached hydrogen (secondary N) is 1. The van der Waals surface area contributed by atoms with Crippen molar-refractivity contribution < 1.29 is 34.8 Å². The predicted octanol–water partition coefficient (Wildman–Crippen LogP) is 6.90. The molecule has 1 N–H and O–H groups in total. The van der Waals surface area contributed by atoms with E-state index < -0.39 is 50.9 Å². The lowest BCUT2D eigenvalue weighted by Gasteiger charge is -2.20. The number of aromatic nitrogens is 1.